The lowest BCUT2D eigenvalue weighted by Gasteiger charge is -2.26. The van der Waals surface area contributed by atoms with Gasteiger partial charge in [-0.25, -0.2) is 9.59 Å². The minimum absolute atomic E-state index is 0.0642. The number of morpholine rings is 1. The zero-order chi connectivity index (χ0) is 17.2. The highest BCUT2D eigenvalue weighted by atomic mass is 16.5. The van der Waals surface area contributed by atoms with E-state index in [0.29, 0.717) is 32.5 Å². The quantitative estimate of drug-likeness (QED) is 0.599. The third kappa shape index (κ3) is 6.71. The molecule has 1 aliphatic heterocycles. The Kier molecular flexibility index (Phi) is 8.87. The van der Waals surface area contributed by atoms with Crippen LogP contribution in [0, 0.1) is 5.92 Å². The van der Waals surface area contributed by atoms with Crippen LogP contribution in [0.25, 0.3) is 0 Å². The summed E-state index contributed by atoms with van der Waals surface area (Å²) in [7, 11) is 0. The second-order valence-electron chi connectivity index (χ2n) is 6.10. The van der Waals surface area contributed by atoms with E-state index in [9.17, 15) is 19.8 Å². The Balaban J connectivity index is 2.73. The third-order valence-corrected chi connectivity index (χ3v) is 4.30. The van der Waals surface area contributed by atoms with E-state index >= 15 is 0 Å². The van der Waals surface area contributed by atoms with E-state index < -0.39 is 11.9 Å². The summed E-state index contributed by atoms with van der Waals surface area (Å²) >= 11 is 0. The van der Waals surface area contributed by atoms with E-state index in [1.165, 1.54) is 0 Å². The Morgan fingerprint density at radius 1 is 1.13 bits per heavy atom. The predicted molar refractivity (Wildman–Crippen MR) is 87.5 cm³/mol. The summed E-state index contributed by atoms with van der Waals surface area (Å²) in [5.74, 6) is -2.44. The zero-order valence-electron chi connectivity index (χ0n) is 14.2. The van der Waals surface area contributed by atoms with Gasteiger partial charge in [0.15, 0.2) is 0 Å². The van der Waals surface area contributed by atoms with Gasteiger partial charge in [-0.3, -0.25) is 4.90 Å². The largest absolute Gasteiger partial charge is 0.478 e. The van der Waals surface area contributed by atoms with Crippen LogP contribution >= 0.6 is 0 Å². The number of unbranched alkanes of at least 4 members (excludes halogenated alkanes) is 1. The minimum Gasteiger partial charge on any atom is -0.478 e. The summed E-state index contributed by atoms with van der Waals surface area (Å²) in [6.45, 7) is 7.74. The molecule has 0 spiro atoms. The Morgan fingerprint density at radius 2 is 1.78 bits per heavy atom. The van der Waals surface area contributed by atoms with Crippen LogP contribution < -0.4 is 0 Å². The highest BCUT2D eigenvalue weighted by Crippen LogP contribution is 2.24. The van der Waals surface area contributed by atoms with Gasteiger partial charge in [0.2, 0.25) is 0 Å². The Hall–Kier alpha value is -1.40. The fourth-order valence-electron chi connectivity index (χ4n) is 2.95. The Morgan fingerprint density at radius 3 is 2.30 bits per heavy atom. The lowest BCUT2D eigenvalue weighted by Crippen LogP contribution is -2.36. The van der Waals surface area contributed by atoms with Gasteiger partial charge in [-0.2, -0.15) is 0 Å². The SMILES string of the molecule is CCCCC(C)/C(C(=O)O)=C(/CCCN1CCOCC1)C(=O)O. The summed E-state index contributed by atoms with van der Waals surface area (Å²) in [5, 5.41) is 18.9. The van der Waals surface area contributed by atoms with Gasteiger partial charge in [-0.05, 0) is 31.7 Å². The van der Waals surface area contributed by atoms with Crippen LogP contribution in [-0.2, 0) is 14.3 Å². The smallest absolute Gasteiger partial charge is 0.332 e. The molecule has 0 bridgehead atoms. The van der Waals surface area contributed by atoms with Crippen molar-refractivity contribution in [1.82, 2.24) is 4.90 Å². The number of hydrogen-bond donors (Lipinski definition) is 2. The van der Waals surface area contributed by atoms with Crippen molar-refractivity contribution in [1.29, 1.82) is 0 Å². The number of rotatable bonds is 10. The topological polar surface area (TPSA) is 87.1 Å². The monoisotopic (exact) mass is 327 g/mol. The highest BCUT2D eigenvalue weighted by molar-refractivity contribution is 5.99. The number of carbonyl (C=O) groups is 2. The van der Waals surface area contributed by atoms with Crippen LogP contribution in [0.5, 0.6) is 0 Å². The lowest BCUT2D eigenvalue weighted by atomic mass is 9.89. The minimum atomic E-state index is -1.10. The van der Waals surface area contributed by atoms with Crippen molar-refractivity contribution in [3.63, 3.8) is 0 Å². The molecule has 1 heterocycles. The van der Waals surface area contributed by atoms with Crippen LogP contribution in [0.1, 0.15) is 46.0 Å². The molecule has 6 nitrogen and oxygen atoms in total. The highest BCUT2D eigenvalue weighted by Gasteiger charge is 2.25. The molecular formula is C17H29NO5. The van der Waals surface area contributed by atoms with E-state index in [1.54, 1.807) is 0 Å². The van der Waals surface area contributed by atoms with E-state index in [2.05, 4.69) is 4.90 Å². The average Bonchev–Trinajstić information content (AvgIpc) is 2.52. The standard InChI is InChI=1S/C17H29NO5/c1-3-4-6-13(2)15(17(21)22)14(16(19)20)7-5-8-18-9-11-23-12-10-18/h13H,3-12H2,1-2H3,(H,19,20)(H,21,22)/b15-14+. The molecule has 0 aromatic carbocycles. The molecule has 0 saturated carbocycles. The fourth-order valence-corrected chi connectivity index (χ4v) is 2.95. The second-order valence-corrected chi connectivity index (χ2v) is 6.10. The molecule has 1 atom stereocenters. The molecule has 23 heavy (non-hydrogen) atoms. The summed E-state index contributed by atoms with van der Waals surface area (Å²) in [4.78, 5) is 25.3. The normalized spacial score (nSPS) is 18.3. The van der Waals surface area contributed by atoms with Crippen LogP contribution in [0.15, 0.2) is 11.1 Å². The van der Waals surface area contributed by atoms with E-state index in [1.807, 2.05) is 13.8 Å². The van der Waals surface area contributed by atoms with E-state index in [-0.39, 0.29) is 17.1 Å². The molecule has 1 saturated heterocycles. The van der Waals surface area contributed by atoms with Crippen LogP contribution in [0.4, 0.5) is 0 Å². The molecular weight excluding hydrogens is 298 g/mol. The van der Waals surface area contributed by atoms with Gasteiger partial charge in [0, 0.05) is 18.7 Å². The summed E-state index contributed by atoms with van der Waals surface area (Å²) in [6, 6.07) is 0. The van der Waals surface area contributed by atoms with Crippen molar-refractivity contribution in [2.24, 2.45) is 5.92 Å². The number of hydrogen-bond acceptors (Lipinski definition) is 4. The molecule has 0 radical (unpaired) electrons. The van der Waals surface area contributed by atoms with Gasteiger partial charge in [0.05, 0.1) is 18.8 Å². The van der Waals surface area contributed by atoms with Crippen molar-refractivity contribution < 1.29 is 24.5 Å². The first-order chi connectivity index (χ1) is 11.0. The Bertz CT molecular complexity index is 427. The number of nitrogens with zero attached hydrogens (tertiary/aromatic N) is 1. The number of aliphatic carboxylic acids is 2. The molecule has 6 heteroatoms. The first kappa shape index (κ1) is 19.6. The molecule has 0 aromatic heterocycles. The van der Waals surface area contributed by atoms with E-state index in [4.69, 9.17) is 4.74 Å². The molecule has 1 aliphatic rings. The number of carboxylic acid groups (broad SMARTS) is 2. The van der Waals surface area contributed by atoms with E-state index in [0.717, 1.165) is 32.5 Å². The molecule has 132 valence electrons. The molecule has 1 fully saturated rings. The van der Waals surface area contributed by atoms with Crippen LogP contribution in [0.3, 0.4) is 0 Å². The summed E-state index contributed by atoms with van der Waals surface area (Å²) in [6.07, 6.45) is 3.53. The third-order valence-electron chi connectivity index (χ3n) is 4.30. The lowest BCUT2D eigenvalue weighted by molar-refractivity contribution is -0.136. The first-order valence-corrected chi connectivity index (χ1v) is 8.47. The van der Waals surface area contributed by atoms with Crippen molar-refractivity contribution in [2.45, 2.75) is 46.0 Å². The zero-order valence-corrected chi connectivity index (χ0v) is 14.2. The van der Waals surface area contributed by atoms with Gasteiger partial charge in [0.1, 0.15) is 0 Å². The molecule has 2 N–H and O–H groups in total. The fraction of sp³-hybridized carbons (Fsp3) is 0.765. The van der Waals surface area contributed by atoms with Gasteiger partial charge >= 0.3 is 11.9 Å². The molecule has 0 amide bonds. The maximum Gasteiger partial charge on any atom is 0.332 e. The maximum absolute atomic E-state index is 11.6. The second kappa shape index (κ2) is 10.4. The Labute approximate surface area is 138 Å². The summed E-state index contributed by atoms with van der Waals surface area (Å²) in [5.41, 5.74) is 0.141. The number of carboxylic acids is 2. The van der Waals surface area contributed by atoms with Gasteiger partial charge in [0.25, 0.3) is 0 Å². The first-order valence-electron chi connectivity index (χ1n) is 8.47. The van der Waals surface area contributed by atoms with Crippen LogP contribution in [0.2, 0.25) is 0 Å². The van der Waals surface area contributed by atoms with Crippen molar-refractivity contribution in [3.05, 3.63) is 11.1 Å². The number of ether oxygens (including phenoxy) is 1. The van der Waals surface area contributed by atoms with Crippen molar-refractivity contribution >= 4 is 11.9 Å². The van der Waals surface area contributed by atoms with Crippen LogP contribution in [-0.4, -0.2) is 59.9 Å². The molecule has 0 aliphatic carbocycles. The van der Waals surface area contributed by atoms with Gasteiger partial charge < -0.3 is 14.9 Å². The van der Waals surface area contributed by atoms with Gasteiger partial charge in [-0.15, -0.1) is 0 Å². The van der Waals surface area contributed by atoms with Crippen molar-refractivity contribution in [3.8, 4) is 0 Å². The predicted octanol–water partition coefficient (Wildman–Crippen LogP) is 2.39. The molecule has 1 unspecified atom stereocenters. The molecule has 1 rings (SSSR count). The molecule has 0 aromatic rings. The summed E-state index contributed by atoms with van der Waals surface area (Å²) < 4.78 is 5.28. The average molecular weight is 327 g/mol. The maximum atomic E-state index is 11.6. The van der Waals surface area contributed by atoms with Crippen molar-refractivity contribution in [2.75, 3.05) is 32.8 Å². The van der Waals surface area contributed by atoms with Gasteiger partial charge in [-0.1, -0.05) is 26.7 Å².